The highest BCUT2D eigenvalue weighted by atomic mass is 16.5. The van der Waals surface area contributed by atoms with E-state index in [1.807, 2.05) is 6.92 Å². The Balaban J connectivity index is 2.60. The van der Waals surface area contributed by atoms with Crippen molar-refractivity contribution in [2.75, 3.05) is 13.7 Å². The van der Waals surface area contributed by atoms with Crippen molar-refractivity contribution >= 4 is 6.09 Å². The standard InChI is InChI=1S/C8H16N2O2/c1-3-7-6(9)4-5-10(7)8(11)12-2/h6-7H,3-5,9H2,1-2H3. The van der Waals surface area contributed by atoms with Crippen molar-refractivity contribution in [2.45, 2.75) is 31.8 Å². The summed E-state index contributed by atoms with van der Waals surface area (Å²) in [7, 11) is 1.40. The lowest BCUT2D eigenvalue weighted by molar-refractivity contribution is 0.116. The molecule has 0 aromatic rings. The molecule has 2 atom stereocenters. The van der Waals surface area contributed by atoms with Gasteiger partial charge in [0.1, 0.15) is 0 Å². The van der Waals surface area contributed by atoms with Gasteiger partial charge in [-0.3, -0.25) is 0 Å². The van der Waals surface area contributed by atoms with Crippen LogP contribution in [0.2, 0.25) is 0 Å². The van der Waals surface area contributed by atoms with E-state index < -0.39 is 0 Å². The summed E-state index contributed by atoms with van der Waals surface area (Å²) in [5, 5.41) is 0. The monoisotopic (exact) mass is 172 g/mol. The minimum Gasteiger partial charge on any atom is -0.453 e. The molecule has 12 heavy (non-hydrogen) atoms. The fourth-order valence-corrected chi connectivity index (χ4v) is 1.74. The van der Waals surface area contributed by atoms with Crippen molar-refractivity contribution in [1.29, 1.82) is 0 Å². The number of hydrogen-bond donors (Lipinski definition) is 1. The Kier molecular flexibility index (Phi) is 2.92. The number of carbonyl (C=O) groups excluding carboxylic acids is 1. The van der Waals surface area contributed by atoms with E-state index in [0.717, 1.165) is 19.4 Å². The van der Waals surface area contributed by atoms with Gasteiger partial charge in [0, 0.05) is 18.6 Å². The van der Waals surface area contributed by atoms with Crippen molar-refractivity contribution < 1.29 is 9.53 Å². The van der Waals surface area contributed by atoms with Crippen LogP contribution in [0.25, 0.3) is 0 Å². The van der Waals surface area contributed by atoms with Crippen LogP contribution in [-0.4, -0.2) is 36.7 Å². The Labute approximate surface area is 72.7 Å². The summed E-state index contributed by atoms with van der Waals surface area (Å²) >= 11 is 0. The van der Waals surface area contributed by atoms with Crippen molar-refractivity contribution in [3.05, 3.63) is 0 Å². The van der Waals surface area contributed by atoms with E-state index in [0.29, 0.717) is 0 Å². The van der Waals surface area contributed by atoms with Crippen LogP contribution < -0.4 is 5.73 Å². The minimum absolute atomic E-state index is 0.120. The molecule has 0 bridgehead atoms. The van der Waals surface area contributed by atoms with Gasteiger partial charge in [-0.1, -0.05) is 6.92 Å². The van der Waals surface area contributed by atoms with E-state index in [9.17, 15) is 4.79 Å². The molecule has 1 heterocycles. The first kappa shape index (κ1) is 9.32. The third-order valence-corrected chi connectivity index (χ3v) is 2.43. The molecule has 0 spiro atoms. The summed E-state index contributed by atoms with van der Waals surface area (Å²) in [5.74, 6) is 0. The van der Waals surface area contributed by atoms with Gasteiger partial charge in [0.25, 0.3) is 0 Å². The van der Waals surface area contributed by atoms with Crippen LogP contribution in [0.5, 0.6) is 0 Å². The molecule has 0 aliphatic carbocycles. The molecule has 1 fully saturated rings. The van der Waals surface area contributed by atoms with E-state index >= 15 is 0 Å². The molecule has 1 aliphatic heterocycles. The number of hydrogen-bond acceptors (Lipinski definition) is 3. The fraction of sp³-hybridized carbons (Fsp3) is 0.875. The molecule has 1 rings (SSSR count). The molecular weight excluding hydrogens is 156 g/mol. The maximum absolute atomic E-state index is 11.2. The smallest absolute Gasteiger partial charge is 0.409 e. The van der Waals surface area contributed by atoms with Crippen LogP contribution in [-0.2, 0) is 4.74 Å². The van der Waals surface area contributed by atoms with Gasteiger partial charge in [0.05, 0.1) is 7.11 Å². The number of carbonyl (C=O) groups is 1. The summed E-state index contributed by atoms with van der Waals surface area (Å²) in [5.41, 5.74) is 5.82. The average molecular weight is 172 g/mol. The summed E-state index contributed by atoms with van der Waals surface area (Å²) in [6, 6.07) is 0.284. The molecule has 4 nitrogen and oxygen atoms in total. The number of likely N-dealkylation sites (tertiary alicyclic amines) is 1. The highest BCUT2D eigenvalue weighted by molar-refractivity contribution is 5.68. The number of nitrogens with zero attached hydrogens (tertiary/aromatic N) is 1. The average Bonchev–Trinajstić information content (AvgIpc) is 2.45. The largest absolute Gasteiger partial charge is 0.453 e. The Hall–Kier alpha value is -0.770. The summed E-state index contributed by atoms with van der Waals surface area (Å²) in [6.07, 6.45) is 1.53. The van der Waals surface area contributed by atoms with E-state index in [1.165, 1.54) is 7.11 Å². The molecule has 0 radical (unpaired) electrons. The normalized spacial score (nSPS) is 29.1. The Morgan fingerprint density at radius 1 is 1.75 bits per heavy atom. The maximum Gasteiger partial charge on any atom is 0.409 e. The van der Waals surface area contributed by atoms with E-state index in [-0.39, 0.29) is 18.2 Å². The molecule has 70 valence electrons. The molecule has 1 saturated heterocycles. The second kappa shape index (κ2) is 3.76. The van der Waals surface area contributed by atoms with E-state index in [2.05, 4.69) is 4.74 Å². The molecular formula is C8H16N2O2. The van der Waals surface area contributed by atoms with Gasteiger partial charge in [-0.25, -0.2) is 4.79 Å². The van der Waals surface area contributed by atoms with Crippen LogP contribution in [0, 0.1) is 0 Å². The summed E-state index contributed by atoms with van der Waals surface area (Å²) in [6.45, 7) is 2.76. The topological polar surface area (TPSA) is 55.6 Å². The van der Waals surface area contributed by atoms with Crippen molar-refractivity contribution in [1.82, 2.24) is 4.90 Å². The van der Waals surface area contributed by atoms with E-state index in [1.54, 1.807) is 4.90 Å². The predicted molar refractivity (Wildman–Crippen MR) is 45.8 cm³/mol. The van der Waals surface area contributed by atoms with Crippen LogP contribution in [0.3, 0.4) is 0 Å². The molecule has 2 unspecified atom stereocenters. The molecule has 0 aromatic carbocycles. The summed E-state index contributed by atoms with van der Waals surface area (Å²) in [4.78, 5) is 12.9. The zero-order valence-corrected chi connectivity index (χ0v) is 7.62. The van der Waals surface area contributed by atoms with Crippen LogP contribution in [0.1, 0.15) is 19.8 Å². The highest BCUT2D eigenvalue weighted by Crippen LogP contribution is 2.19. The molecule has 1 amide bonds. The molecule has 0 aromatic heterocycles. The molecule has 2 N–H and O–H groups in total. The zero-order chi connectivity index (χ0) is 9.14. The third kappa shape index (κ3) is 1.53. The Morgan fingerprint density at radius 3 is 2.92 bits per heavy atom. The second-order valence-corrected chi connectivity index (χ2v) is 3.09. The lowest BCUT2D eigenvalue weighted by Gasteiger charge is -2.23. The number of amides is 1. The van der Waals surface area contributed by atoms with Gasteiger partial charge in [0.2, 0.25) is 0 Å². The zero-order valence-electron chi connectivity index (χ0n) is 7.62. The first-order valence-electron chi connectivity index (χ1n) is 4.30. The van der Waals surface area contributed by atoms with Crippen LogP contribution in [0.4, 0.5) is 4.79 Å². The van der Waals surface area contributed by atoms with E-state index in [4.69, 9.17) is 5.73 Å². The summed E-state index contributed by atoms with van der Waals surface area (Å²) < 4.78 is 4.65. The van der Waals surface area contributed by atoms with Gasteiger partial charge in [-0.15, -0.1) is 0 Å². The predicted octanol–water partition coefficient (Wildman–Crippen LogP) is 0.564. The third-order valence-electron chi connectivity index (χ3n) is 2.43. The lowest BCUT2D eigenvalue weighted by atomic mass is 10.1. The Bertz CT molecular complexity index is 172. The first-order valence-corrected chi connectivity index (χ1v) is 4.30. The van der Waals surface area contributed by atoms with Gasteiger partial charge < -0.3 is 15.4 Å². The van der Waals surface area contributed by atoms with Crippen molar-refractivity contribution in [2.24, 2.45) is 5.73 Å². The highest BCUT2D eigenvalue weighted by Gasteiger charge is 2.33. The van der Waals surface area contributed by atoms with Gasteiger partial charge in [0.15, 0.2) is 0 Å². The molecule has 0 saturated carbocycles. The molecule has 4 heteroatoms. The quantitative estimate of drug-likeness (QED) is 0.629. The second-order valence-electron chi connectivity index (χ2n) is 3.09. The fourth-order valence-electron chi connectivity index (χ4n) is 1.74. The van der Waals surface area contributed by atoms with Crippen molar-refractivity contribution in [3.8, 4) is 0 Å². The van der Waals surface area contributed by atoms with Gasteiger partial charge in [-0.05, 0) is 12.8 Å². The first-order chi connectivity index (χ1) is 5.70. The number of ether oxygens (including phenoxy) is 1. The number of rotatable bonds is 1. The number of nitrogens with two attached hydrogens (primary N) is 1. The number of methoxy groups -OCH3 is 1. The molecule has 1 aliphatic rings. The van der Waals surface area contributed by atoms with Crippen molar-refractivity contribution in [3.63, 3.8) is 0 Å². The minimum atomic E-state index is -0.255. The maximum atomic E-state index is 11.2. The van der Waals surface area contributed by atoms with Gasteiger partial charge >= 0.3 is 6.09 Å². The van der Waals surface area contributed by atoms with Gasteiger partial charge in [-0.2, -0.15) is 0 Å². The Morgan fingerprint density at radius 2 is 2.42 bits per heavy atom. The lowest BCUT2D eigenvalue weighted by Crippen LogP contribution is -2.42. The SMILES string of the molecule is CCC1C(N)CCN1C(=O)OC. The van der Waals surface area contributed by atoms with Crippen LogP contribution >= 0.6 is 0 Å². The van der Waals surface area contributed by atoms with Crippen LogP contribution in [0.15, 0.2) is 0 Å².